The molecule has 0 aliphatic heterocycles. The van der Waals surface area contributed by atoms with Crippen molar-refractivity contribution in [3.05, 3.63) is 39.9 Å². The van der Waals surface area contributed by atoms with Crippen LogP contribution < -0.4 is 5.32 Å². The van der Waals surface area contributed by atoms with E-state index in [4.69, 9.17) is 11.6 Å². The summed E-state index contributed by atoms with van der Waals surface area (Å²) in [4.78, 5) is 22.3. The molecule has 1 aromatic rings. The summed E-state index contributed by atoms with van der Waals surface area (Å²) in [6.45, 7) is 0.582. The topological polar surface area (TPSA) is 72.2 Å². The number of amides is 1. The molecule has 2 rings (SSSR count). The number of non-ortho nitro benzene ring substituents is 1. The number of rotatable bonds is 5. The summed E-state index contributed by atoms with van der Waals surface area (Å²) >= 11 is 5.98. The monoisotopic (exact) mass is 310 g/mol. The summed E-state index contributed by atoms with van der Waals surface area (Å²) in [6.07, 6.45) is 4.56. The molecule has 1 aliphatic carbocycles. The van der Waals surface area contributed by atoms with E-state index in [0.29, 0.717) is 29.8 Å². The number of hydrogen-bond donors (Lipinski definition) is 1. The Morgan fingerprint density at radius 3 is 2.71 bits per heavy atom. The second kappa shape index (κ2) is 7.41. The highest BCUT2D eigenvalue weighted by Crippen LogP contribution is 2.30. The van der Waals surface area contributed by atoms with Gasteiger partial charge in [0.05, 0.1) is 4.92 Å². The van der Waals surface area contributed by atoms with Gasteiger partial charge in [-0.15, -0.1) is 11.6 Å². The van der Waals surface area contributed by atoms with Crippen molar-refractivity contribution in [2.45, 2.75) is 25.7 Å². The number of nitro benzene ring substituents is 1. The highest BCUT2D eigenvalue weighted by molar-refractivity contribution is 6.18. The van der Waals surface area contributed by atoms with Gasteiger partial charge in [-0.3, -0.25) is 14.9 Å². The molecule has 2 atom stereocenters. The first-order valence-electron chi connectivity index (χ1n) is 7.20. The van der Waals surface area contributed by atoms with Gasteiger partial charge in [-0.2, -0.15) is 0 Å². The molecule has 0 saturated heterocycles. The lowest BCUT2D eigenvalue weighted by Crippen LogP contribution is -2.34. The molecule has 0 aromatic heterocycles. The van der Waals surface area contributed by atoms with Crippen molar-refractivity contribution in [1.29, 1.82) is 0 Å². The minimum Gasteiger partial charge on any atom is -0.352 e. The summed E-state index contributed by atoms with van der Waals surface area (Å²) in [5.74, 6) is 1.21. The maximum Gasteiger partial charge on any atom is 0.270 e. The molecule has 0 heterocycles. The molecule has 21 heavy (non-hydrogen) atoms. The molecular formula is C15H19ClN2O3. The van der Waals surface area contributed by atoms with Crippen LogP contribution in [0.15, 0.2) is 24.3 Å². The van der Waals surface area contributed by atoms with E-state index in [2.05, 4.69) is 5.32 Å². The zero-order valence-electron chi connectivity index (χ0n) is 11.8. The minimum atomic E-state index is -0.499. The SMILES string of the molecule is O=C(NCC1CCCCC1CCl)c1cccc([N+](=O)[O-])c1. The second-order valence-electron chi connectivity index (χ2n) is 5.48. The van der Waals surface area contributed by atoms with Crippen LogP contribution in [0.5, 0.6) is 0 Å². The predicted molar refractivity (Wildman–Crippen MR) is 81.6 cm³/mol. The van der Waals surface area contributed by atoms with Gasteiger partial charge in [0, 0.05) is 30.1 Å². The fourth-order valence-electron chi connectivity index (χ4n) is 2.84. The Morgan fingerprint density at radius 1 is 1.33 bits per heavy atom. The van der Waals surface area contributed by atoms with Crippen molar-refractivity contribution < 1.29 is 9.72 Å². The fraction of sp³-hybridized carbons (Fsp3) is 0.533. The minimum absolute atomic E-state index is 0.0704. The van der Waals surface area contributed by atoms with Crippen LogP contribution in [-0.2, 0) is 0 Å². The smallest absolute Gasteiger partial charge is 0.270 e. The summed E-state index contributed by atoms with van der Waals surface area (Å²) in [5.41, 5.74) is 0.251. The van der Waals surface area contributed by atoms with Gasteiger partial charge in [-0.25, -0.2) is 0 Å². The Labute approximate surface area is 128 Å². The number of nitrogens with zero attached hydrogens (tertiary/aromatic N) is 1. The highest BCUT2D eigenvalue weighted by atomic mass is 35.5. The van der Waals surface area contributed by atoms with Gasteiger partial charge in [-0.1, -0.05) is 18.9 Å². The Balaban J connectivity index is 1.95. The van der Waals surface area contributed by atoms with Crippen LogP contribution >= 0.6 is 11.6 Å². The molecule has 1 aliphatic rings. The molecule has 0 spiro atoms. The second-order valence-corrected chi connectivity index (χ2v) is 5.78. The Bertz CT molecular complexity index is 521. The van der Waals surface area contributed by atoms with Crippen LogP contribution in [0, 0.1) is 22.0 Å². The number of halogens is 1. The Hall–Kier alpha value is -1.62. The summed E-state index contributed by atoms with van der Waals surface area (Å²) in [5, 5.41) is 13.6. The van der Waals surface area contributed by atoms with Crippen LogP contribution in [0.4, 0.5) is 5.69 Å². The first kappa shape index (κ1) is 15.8. The largest absolute Gasteiger partial charge is 0.352 e. The van der Waals surface area contributed by atoms with E-state index in [9.17, 15) is 14.9 Å². The molecule has 1 fully saturated rings. The average molecular weight is 311 g/mol. The van der Waals surface area contributed by atoms with Gasteiger partial charge < -0.3 is 5.32 Å². The molecule has 1 amide bonds. The predicted octanol–water partition coefficient (Wildman–Crippen LogP) is 3.37. The first-order valence-corrected chi connectivity index (χ1v) is 7.74. The lowest BCUT2D eigenvalue weighted by molar-refractivity contribution is -0.384. The molecule has 1 saturated carbocycles. The first-order chi connectivity index (χ1) is 10.1. The number of nitro groups is 1. The van der Waals surface area contributed by atoms with E-state index < -0.39 is 4.92 Å². The van der Waals surface area contributed by atoms with Gasteiger partial charge in [0.2, 0.25) is 0 Å². The normalized spacial score (nSPS) is 21.8. The van der Waals surface area contributed by atoms with E-state index in [1.807, 2.05) is 0 Å². The quantitative estimate of drug-likeness (QED) is 0.515. The molecule has 1 N–H and O–H groups in total. The van der Waals surface area contributed by atoms with E-state index >= 15 is 0 Å². The Kier molecular flexibility index (Phi) is 5.56. The lowest BCUT2D eigenvalue weighted by Gasteiger charge is -2.30. The van der Waals surface area contributed by atoms with Gasteiger partial charge in [0.15, 0.2) is 0 Å². The maximum atomic E-state index is 12.1. The van der Waals surface area contributed by atoms with Crippen molar-refractivity contribution in [2.24, 2.45) is 11.8 Å². The standard InChI is InChI=1S/C15H19ClN2O3/c16-9-12-4-1-2-5-13(12)10-17-15(19)11-6-3-7-14(8-11)18(20)21/h3,6-8,12-13H,1-2,4-5,9-10H2,(H,17,19). The van der Waals surface area contributed by atoms with Crippen LogP contribution in [0.25, 0.3) is 0 Å². The molecule has 0 radical (unpaired) electrons. The van der Waals surface area contributed by atoms with Gasteiger partial charge in [0.1, 0.15) is 0 Å². The number of hydrogen-bond acceptors (Lipinski definition) is 3. The maximum absolute atomic E-state index is 12.1. The van der Waals surface area contributed by atoms with Crippen molar-refractivity contribution in [3.8, 4) is 0 Å². The molecule has 6 heteroatoms. The number of carbonyl (C=O) groups is 1. The van der Waals surface area contributed by atoms with E-state index in [-0.39, 0.29) is 11.6 Å². The highest BCUT2D eigenvalue weighted by Gasteiger charge is 2.24. The van der Waals surface area contributed by atoms with E-state index in [1.165, 1.54) is 31.0 Å². The van der Waals surface area contributed by atoms with E-state index in [0.717, 1.165) is 12.8 Å². The van der Waals surface area contributed by atoms with E-state index in [1.54, 1.807) is 6.07 Å². The zero-order valence-corrected chi connectivity index (χ0v) is 12.5. The summed E-state index contributed by atoms with van der Waals surface area (Å²) < 4.78 is 0. The third-order valence-electron chi connectivity index (χ3n) is 4.11. The average Bonchev–Trinajstić information content (AvgIpc) is 2.52. The van der Waals surface area contributed by atoms with Crippen LogP contribution in [0.2, 0.25) is 0 Å². The molecule has 0 bridgehead atoms. The van der Waals surface area contributed by atoms with Crippen LogP contribution in [0.1, 0.15) is 36.0 Å². The number of carbonyl (C=O) groups excluding carboxylic acids is 1. The zero-order chi connectivity index (χ0) is 15.2. The van der Waals surface area contributed by atoms with Gasteiger partial charge in [0.25, 0.3) is 11.6 Å². The molecular weight excluding hydrogens is 292 g/mol. The molecule has 2 unspecified atom stereocenters. The van der Waals surface area contributed by atoms with Gasteiger partial charge >= 0.3 is 0 Å². The number of benzene rings is 1. The van der Waals surface area contributed by atoms with Crippen molar-refractivity contribution in [1.82, 2.24) is 5.32 Å². The molecule has 1 aromatic carbocycles. The lowest BCUT2D eigenvalue weighted by atomic mass is 9.80. The molecule has 5 nitrogen and oxygen atoms in total. The number of nitrogens with one attached hydrogen (secondary N) is 1. The molecule has 114 valence electrons. The summed E-state index contributed by atoms with van der Waals surface area (Å²) in [6, 6.07) is 5.79. The number of alkyl halides is 1. The third-order valence-corrected chi connectivity index (χ3v) is 4.51. The van der Waals surface area contributed by atoms with Crippen LogP contribution in [-0.4, -0.2) is 23.3 Å². The summed E-state index contributed by atoms with van der Waals surface area (Å²) in [7, 11) is 0. The van der Waals surface area contributed by atoms with Crippen molar-refractivity contribution in [2.75, 3.05) is 12.4 Å². The third kappa shape index (κ3) is 4.17. The van der Waals surface area contributed by atoms with Crippen molar-refractivity contribution >= 4 is 23.2 Å². The van der Waals surface area contributed by atoms with Gasteiger partial charge in [-0.05, 0) is 30.7 Å². The Morgan fingerprint density at radius 2 is 2.05 bits per heavy atom. The fourth-order valence-corrected chi connectivity index (χ4v) is 3.25. The van der Waals surface area contributed by atoms with Crippen molar-refractivity contribution in [3.63, 3.8) is 0 Å². The van der Waals surface area contributed by atoms with Crippen LogP contribution in [0.3, 0.4) is 0 Å².